The average molecular weight is 498 g/mol. The second-order valence-corrected chi connectivity index (χ2v) is 8.63. The van der Waals surface area contributed by atoms with Gasteiger partial charge in [-0.1, -0.05) is 67.9 Å². The van der Waals surface area contributed by atoms with Gasteiger partial charge >= 0.3 is 0 Å². The highest BCUT2D eigenvalue weighted by atomic mass is 35.5. The van der Waals surface area contributed by atoms with Crippen LogP contribution in [0.15, 0.2) is 54.6 Å². The molecule has 1 aliphatic rings. The van der Waals surface area contributed by atoms with Crippen molar-refractivity contribution in [3.63, 3.8) is 0 Å². The van der Waals surface area contributed by atoms with E-state index < -0.39 is 0 Å². The maximum atomic E-state index is 10.6. The fraction of sp³-hybridized carbons (Fsp3) is 0.556. The van der Waals surface area contributed by atoms with Gasteiger partial charge in [0.05, 0.1) is 6.10 Å². The fourth-order valence-corrected chi connectivity index (χ4v) is 4.34. The first kappa shape index (κ1) is 29.9. The standard InChI is InChI=1S/C27H40N2O2.2ClH/c1-3-5-9-23-12-14-25(15-13-23)26(30)16-17-28-18-20-29(21-19-28)27(31-4-2)22-24-10-7-6-8-11-24;;/h6-8,10-15,26-27,30H,3-5,9,16-22H2,1-2H3;2*1H. The molecule has 0 amide bonds. The number of unbranched alkanes of at least 4 members (excludes halogenated alkanes) is 1. The van der Waals surface area contributed by atoms with Crippen LogP contribution in [-0.4, -0.2) is 60.5 Å². The lowest BCUT2D eigenvalue weighted by atomic mass is 10.0. The van der Waals surface area contributed by atoms with Crippen LogP contribution >= 0.6 is 24.8 Å². The second kappa shape index (κ2) is 16.5. The summed E-state index contributed by atoms with van der Waals surface area (Å²) in [7, 11) is 0. The van der Waals surface area contributed by atoms with Gasteiger partial charge in [-0.15, -0.1) is 24.8 Å². The Labute approximate surface area is 213 Å². The Morgan fingerprint density at radius 3 is 2.15 bits per heavy atom. The highest BCUT2D eigenvalue weighted by molar-refractivity contribution is 5.85. The maximum absolute atomic E-state index is 10.6. The summed E-state index contributed by atoms with van der Waals surface area (Å²) < 4.78 is 6.08. The molecule has 2 atom stereocenters. The Balaban J connectivity index is 0.00000272. The lowest BCUT2D eigenvalue weighted by Crippen LogP contribution is -2.52. The number of halogens is 2. The van der Waals surface area contributed by atoms with Crippen LogP contribution in [0.25, 0.3) is 0 Å². The van der Waals surface area contributed by atoms with E-state index in [4.69, 9.17) is 4.74 Å². The van der Waals surface area contributed by atoms with E-state index in [0.717, 1.165) is 64.2 Å². The van der Waals surface area contributed by atoms with E-state index in [1.165, 1.54) is 24.0 Å². The Hall–Kier alpha value is -1.14. The molecule has 1 fully saturated rings. The summed E-state index contributed by atoms with van der Waals surface area (Å²) in [6.45, 7) is 10.1. The number of ether oxygens (including phenoxy) is 1. The van der Waals surface area contributed by atoms with Crippen molar-refractivity contribution in [1.29, 1.82) is 0 Å². The summed E-state index contributed by atoms with van der Waals surface area (Å²) in [6.07, 6.45) is 5.05. The van der Waals surface area contributed by atoms with Gasteiger partial charge in [0.1, 0.15) is 6.23 Å². The monoisotopic (exact) mass is 496 g/mol. The second-order valence-electron chi connectivity index (χ2n) is 8.63. The number of hydrogen-bond acceptors (Lipinski definition) is 4. The van der Waals surface area contributed by atoms with E-state index in [0.29, 0.717) is 0 Å². The third kappa shape index (κ3) is 9.94. The minimum atomic E-state index is -0.382. The Morgan fingerprint density at radius 2 is 1.55 bits per heavy atom. The third-order valence-electron chi connectivity index (χ3n) is 6.33. The molecule has 1 N–H and O–H groups in total. The van der Waals surface area contributed by atoms with Crippen molar-refractivity contribution >= 4 is 24.8 Å². The van der Waals surface area contributed by atoms with Crippen molar-refractivity contribution in [3.05, 3.63) is 71.3 Å². The quantitative estimate of drug-likeness (QED) is 0.419. The SMILES string of the molecule is CCCCc1ccc(C(O)CCN2CCN(C(Cc3ccccc3)OCC)CC2)cc1.Cl.Cl. The van der Waals surface area contributed by atoms with Gasteiger partial charge in [-0.05, 0) is 42.9 Å². The highest BCUT2D eigenvalue weighted by Gasteiger charge is 2.24. The van der Waals surface area contributed by atoms with Crippen LogP contribution < -0.4 is 0 Å². The van der Waals surface area contributed by atoms with E-state index in [1.807, 2.05) is 0 Å². The molecule has 1 saturated heterocycles. The minimum Gasteiger partial charge on any atom is -0.388 e. The van der Waals surface area contributed by atoms with Gasteiger partial charge in [-0.25, -0.2) is 0 Å². The zero-order chi connectivity index (χ0) is 21.9. The van der Waals surface area contributed by atoms with Gasteiger partial charge in [0.15, 0.2) is 0 Å². The molecule has 4 nitrogen and oxygen atoms in total. The van der Waals surface area contributed by atoms with Gasteiger partial charge in [0.2, 0.25) is 0 Å². The van der Waals surface area contributed by atoms with Crippen molar-refractivity contribution in [2.45, 2.75) is 58.3 Å². The molecule has 0 aliphatic carbocycles. The lowest BCUT2D eigenvalue weighted by molar-refractivity contribution is -0.0719. The molecule has 2 aromatic carbocycles. The molecule has 0 bridgehead atoms. The molecule has 6 heteroatoms. The van der Waals surface area contributed by atoms with E-state index in [1.54, 1.807) is 0 Å². The van der Waals surface area contributed by atoms with E-state index in [9.17, 15) is 5.11 Å². The van der Waals surface area contributed by atoms with Crippen molar-refractivity contribution < 1.29 is 9.84 Å². The number of aryl methyl sites for hydroxylation is 1. The topological polar surface area (TPSA) is 35.9 Å². The van der Waals surface area contributed by atoms with Gasteiger partial charge in [-0.2, -0.15) is 0 Å². The Bertz CT molecular complexity index is 738. The van der Waals surface area contributed by atoms with Crippen LogP contribution in [0.4, 0.5) is 0 Å². The highest BCUT2D eigenvalue weighted by Crippen LogP contribution is 2.20. The van der Waals surface area contributed by atoms with Crippen molar-refractivity contribution in [2.75, 3.05) is 39.3 Å². The summed E-state index contributed by atoms with van der Waals surface area (Å²) >= 11 is 0. The smallest absolute Gasteiger partial charge is 0.114 e. The molecule has 0 saturated carbocycles. The summed E-state index contributed by atoms with van der Waals surface area (Å²) in [5.74, 6) is 0. The molecule has 2 aromatic rings. The normalized spacial score (nSPS) is 16.5. The van der Waals surface area contributed by atoms with Gasteiger partial charge in [0.25, 0.3) is 0 Å². The van der Waals surface area contributed by atoms with Crippen LogP contribution in [-0.2, 0) is 17.6 Å². The molecule has 33 heavy (non-hydrogen) atoms. The molecule has 2 unspecified atom stereocenters. The predicted octanol–water partition coefficient (Wildman–Crippen LogP) is 5.52. The summed E-state index contributed by atoms with van der Waals surface area (Å²) in [6, 6.07) is 19.2. The number of aliphatic hydroxyl groups excluding tert-OH is 1. The molecule has 1 heterocycles. The predicted molar refractivity (Wildman–Crippen MR) is 143 cm³/mol. The number of nitrogens with zero attached hydrogens (tertiary/aromatic N) is 2. The first-order chi connectivity index (χ1) is 15.2. The molecular weight excluding hydrogens is 455 g/mol. The zero-order valence-electron chi connectivity index (χ0n) is 20.2. The van der Waals surface area contributed by atoms with Crippen LogP contribution in [0.2, 0.25) is 0 Å². The fourth-order valence-electron chi connectivity index (χ4n) is 4.34. The maximum Gasteiger partial charge on any atom is 0.114 e. The van der Waals surface area contributed by atoms with Crippen LogP contribution in [0.5, 0.6) is 0 Å². The van der Waals surface area contributed by atoms with Crippen LogP contribution in [0.1, 0.15) is 55.9 Å². The first-order valence-corrected chi connectivity index (χ1v) is 12.1. The van der Waals surface area contributed by atoms with Crippen molar-refractivity contribution in [2.24, 2.45) is 0 Å². The first-order valence-electron chi connectivity index (χ1n) is 12.1. The summed E-state index contributed by atoms with van der Waals surface area (Å²) in [4.78, 5) is 4.94. The third-order valence-corrected chi connectivity index (χ3v) is 6.33. The van der Waals surface area contributed by atoms with Crippen molar-refractivity contribution in [3.8, 4) is 0 Å². The number of hydrogen-bond donors (Lipinski definition) is 1. The minimum absolute atomic E-state index is 0. The van der Waals surface area contributed by atoms with Gasteiger partial charge < -0.3 is 14.7 Å². The number of piperazine rings is 1. The van der Waals surface area contributed by atoms with Crippen LogP contribution in [0.3, 0.4) is 0 Å². The zero-order valence-corrected chi connectivity index (χ0v) is 21.8. The molecular formula is C27H42Cl2N2O2. The lowest BCUT2D eigenvalue weighted by Gasteiger charge is -2.39. The van der Waals surface area contributed by atoms with Crippen molar-refractivity contribution in [1.82, 2.24) is 9.80 Å². The number of benzene rings is 2. The van der Waals surface area contributed by atoms with E-state index in [-0.39, 0.29) is 37.1 Å². The molecule has 0 aromatic heterocycles. The molecule has 3 rings (SSSR count). The largest absolute Gasteiger partial charge is 0.388 e. The van der Waals surface area contributed by atoms with E-state index in [2.05, 4.69) is 78.2 Å². The molecule has 0 spiro atoms. The molecule has 0 radical (unpaired) electrons. The Morgan fingerprint density at radius 1 is 0.879 bits per heavy atom. The van der Waals surface area contributed by atoms with E-state index >= 15 is 0 Å². The molecule has 186 valence electrons. The summed E-state index contributed by atoms with van der Waals surface area (Å²) in [5, 5.41) is 10.6. The summed E-state index contributed by atoms with van der Waals surface area (Å²) in [5.41, 5.74) is 3.73. The van der Waals surface area contributed by atoms with Gasteiger partial charge in [-0.3, -0.25) is 4.90 Å². The number of rotatable bonds is 12. The van der Waals surface area contributed by atoms with Gasteiger partial charge in [0, 0.05) is 45.8 Å². The number of aliphatic hydroxyl groups is 1. The molecule has 1 aliphatic heterocycles. The van der Waals surface area contributed by atoms with Crippen LogP contribution in [0, 0.1) is 0 Å². The average Bonchev–Trinajstić information content (AvgIpc) is 2.82. The Kier molecular flexibility index (Phi) is 14.9.